The lowest BCUT2D eigenvalue weighted by atomic mass is 9.86. The average Bonchev–Trinajstić information content (AvgIpc) is 3.44. The van der Waals surface area contributed by atoms with Crippen molar-refractivity contribution in [3.63, 3.8) is 0 Å². The van der Waals surface area contributed by atoms with Crippen molar-refractivity contribution in [3.8, 4) is 11.4 Å². The number of rotatable bonds is 6. The van der Waals surface area contributed by atoms with E-state index in [1.807, 2.05) is 25.3 Å². The predicted octanol–water partition coefficient (Wildman–Crippen LogP) is 3.85. The SMILES string of the molecule is C[C@@H](Sc1nnc(-c2cccnc2)n1C1CC1)C(=O)N[C@H]1CCCC[C@@H]1C. The summed E-state index contributed by atoms with van der Waals surface area (Å²) in [6, 6.07) is 4.66. The van der Waals surface area contributed by atoms with Gasteiger partial charge in [-0.2, -0.15) is 0 Å². The molecule has 0 spiro atoms. The second kappa shape index (κ2) is 8.00. The molecule has 0 radical (unpaired) electrons. The van der Waals surface area contributed by atoms with Gasteiger partial charge in [0.25, 0.3) is 0 Å². The molecule has 2 aliphatic carbocycles. The van der Waals surface area contributed by atoms with Crippen molar-refractivity contribution in [2.24, 2.45) is 5.92 Å². The Balaban J connectivity index is 1.47. The number of nitrogens with one attached hydrogen (secondary N) is 1. The summed E-state index contributed by atoms with van der Waals surface area (Å²) in [5, 5.41) is 12.7. The van der Waals surface area contributed by atoms with Crippen molar-refractivity contribution in [3.05, 3.63) is 24.5 Å². The zero-order valence-electron chi connectivity index (χ0n) is 16.0. The second-order valence-electron chi connectivity index (χ2n) is 7.79. The molecule has 0 saturated heterocycles. The van der Waals surface area contributed by atoms with Crippen LogP contribution in [0.15, 0.2) is 29.7 Å². The van der Waals surface area contributed by atoms with Crippen molar-refractivity contribution < 1.29 is 4.79 Å². The number of pyridine rings is 1. The maximum atomic E-state index is 12.7. The van der Waals surface area contributed by atoms with Crippen LogP contribution in [0.2, 0.25) is 0 Å². The van der Waals surface area contributed by atoms with Gasteiger partial charge in [0.1, 0.15) is 0 Å². The van der Waals surface area contributed by atoms with E-state index in [-0.39, 0.29) is 11.2 Å². The molecule has 144 valence electrons. The summed E-state index contributed by atoms with van der Waals surface area (Å²) in [5.74, 6) is 1.51. The number of amides is 1. The molecule has 3 atom stereocenters. The molecule has 1 N–H and O–H groups in total. The van der Waals surface area contributed by atoms with E-state index in [4.69, 9.17) is 0 Å². The van der Waals surface area contributed by atoms with E-state index in [1.165, 1.54) is 31.0 Å². The molecule has 1 amide bonds. The molecule has 4 rings (SSSR count). The highest BCUT2D eigenvalue weighted by Gasteiger charge is 2.32. The quantitative estimate of drug-likeness (QED) is 0.765. The van der Waals surface area contributed by atoms with Gasteiger partial charge in [0.05, 0.1) is 5.25 Å². The Kier molecular flexibility index (Phi) is 5.48. The molecule has 0 aromatic carbocycles. The lowest BCUT2D eigenvalue weighted by molar-refractivity contribution is -0.121. The monoisotopic (exact) mass is 385 g/mol. The van der Waals surface area contributed by atoms with Crippen LogP contribution in [0.3, 0.4) is 0 Å². The molecule has 0 unspecified atom stereocenters. The van der Waals surface area contributed by atoms with Crippen molar-refractivity contribution in [2.75, 3.05) is 0 Å². The van der Waals surface area contributed by atoms with Gasteiger partial charge in [0, 0.05) is 30.0 Å². The zero-order valence-corrected chi connectivity index (χ0v) is 16.8. The molecule has 0 aliphatic heterocycles. The summed E-state index contributed by atoms with van der Waals surface area (Å²) in [6.45, 7) is 4.20. The molecule has 0 bridgehead atoms. The van der Waals surface area contributed by atoms with Gasteiger partial charge in [-0.05, 0) is 50.7 Å². The molecule has 2 aromatic rings. The Bertz CT molecular complexity index is 789. The van der Waals surface area contributed by atoms with Crippen LogP contribution in [-0.4, -0.2) is 36.9 Å². The van der Waals surface area contributed by atoms with Gasteiger partial charge in [-0.1, -0.05) is 31.5 Å². The number of carbonyl (C=O) groups is 1. The van der Waals surface area contributed by atoms with Gasteiger partial charge in [0.2, 0.25) is 5.91 Å². The van der Waals surface area contributed by atoms with Crippen molar-refractivity contribution >= 4 is 17.7 Å². The lowest BCUT2D eigenvalue weighted by Gasteiger charge is -2.30. The van der Waals surface area contributed by atoms with E-state index in [0.717, 1.165) is 35.8 Å². The highest BCUT2D eigenvalue weighted by Crippen LogP contribution is 2.41. The minimum Gasteiger partial charge on any atom is -0.352 e. The number of hydrogen-bond donors (Lipinski definition) is 1. The Hall–Kier alpha value is -1.89. The molecular formula is C20H27N5OS. The summed E-state index contributed by atoms with van der Waals surface area (Å²) < 4.78 is 2.19. The molecule has 2 fully saturated rings. The predicted molar refractivity (Wildman–Crippen MR) is 106 cm³/mol. The fourth-order valence-corrected chi connectivity index (χ4v) is 4.68. The summed E-state index contributed by atoms with van der Waals surface area (Å²) in [6.07, 6.45) is 10.6. The summed E-state index contributed by atoms with van der Waals surface area (Å²) >= 11 is 1.51. The third-order valence-corrected chi connectivity index (χ3v) is 6.64. The molecule has 6 nitrogen and oxygen atoms in total. The first-order valence-electron chi connectivity index (χ1n) is 9.96. The molecular weight excluding hydrogens is 358 g/mol. The standard InChI is InChI=1S/C20H27N5OS/c1-13-6-3-4-8-17(13)22-19(26)14(2)27-20-24-23-18(25(20)16-9-10-16)15-7-5-11-21-12-15/h5,7,11-14,16-17H,3-4,6,8-10H2,1-2H3,(H,22,26)/t13-,14+,17-/m0/s1. The topological polar surface area (TPSA) is 72.7 Å². The van der Waals surface area contributed by atoms with Crippen LogP contribution >= 0.6 is 11.8 Å². The Morgan fingerprint density at radius 2 is 2.07 bits per heavy atom. The smallest absolute Gasteiger partial charge is 0.233 e. The Morgan fingerprint density at radius 3 is 2.78 bits per heavy atom. The summed E-state index contributed by atoms with van der Waals surface area (Å²) in [4.78, 5) is 16.9. The van der Waals surface area contributed by atoms with Crippen LogP contribution in [0.1, 0.15) is 58.4 Å². The van der Waals surface area contributed by atoms with Gasteiger partial charge in [-0.15, -0.1) is 10.2 Å². The van der Waals surface area contributed by atoms with E-state index in [2.05, 4.69) is 32.0 Å². The average molecular weight is 386 g/mol. The Labute approximate surface area is 164 Å². The highest BCUT2D eigenvalue weighted by atomic mass is 32.2. The molecule has 2 saturated carbocycles. The van der Waals surface area contributed by atoms with Crippen LogP contribution < -0.4 is 5.32 Å². The maximum absolute atomic E-state index is 12.7. The molecule has 2 aromatic heterocycles. The van der Waals surface area contributed by atoms with E-state index in [1.54, 1.807) is 6.20 Å². The molecule has 2 heterocycles. The van der Waals surface area contributed by atoms with Gasteiger partial charge in [-0.25, -0.2) is 0 Å². The lowest BCUT2D eigenvalue weighted by Crippen LogP contribution is -2.44. The minimum absolute atomic E-state index is 0.104. The first-order chi connectivity index (χ1) is 13.1. The first kappa shape index (κ1) is 18.5. The number of thioether (sulfide) groups is 1. The second-order valence-corrected chi connectivity index (χ2v) is 9.09. The minimum atomic E-state index is -0.192. The number of nitrogens with zero attached hydrogens (tertiary/aromatic N) is 4. The van der Waals surface area contributed by atoms with E-state index >= 15 is 0 Å². The van der Waals surface area contributed by atoms with Crippen LogP contribution in [-0.2, 0) is 4.79 Å². The maximum Gasteiger partial charge on any atom is 0.233 e. The van der Waals surface area contributed by atoms with Crippen molar-refractivity contribution in [1.29, 1.82) is 0 Å². The number of aromatic nitrogens is 4. The van der Waals surface area contributed by atoms with E-state index in [0.29, 0.717) is 18.0 Å². The van der Waals surface area contributed by atoms with Crippen LogP contribution in [0.25, 0.3) is 11.4 Å². The van der Waals surface area contributed by atoms with Crippen LogP contribution in [0, 0.1) is 5.92 Å². The van der Waals surface area contributed by atoms with Crippen molar-refractivity contribution in [2.45, 2.75) is 74.9 Å². The molecule has 27 heavy (non-hydrogen) atoms. The third kappa shape index (κ3) is 4.18. The first-order valence-corrected chi connectivity index (χ1v) is 10.8. The fraction of sp³-hybridized carbons (Fsp3) is 0.600. The highest BCUT2D eigenvalue weighted by molar-refractivity contribution is 8.00. The van der Waals surface area contributed by atoms with Crippen LogP contribution in [0.4, 0.5) is 0 Å². The van der Waals surface area contributed by atoms with Crippen molar-refractivity contribution in [1.82, 2.24) is 25.1 Å². The number of carbonyl (C=O) groups excluding carboxylic acids is 1. The van der Waals surface area contributed by atoms with E-state index < -0.39 is 0 Å². The molecule has 2 aliphatic rings. The molecule has 7 heteroatoms. The van der Waals surface area contributed by atoms with Gasteiger partial charge in [-0.3, -0.25) is 14.3 Å². The fourth-order valence-electron chi connectivity index (χ4n) is 3.75. The largest absolute Gasteiger partial charge is 0.352 e. The number of hydrogen-bond acceptors (Lipinski definition) is 5. The van der Waals surface area contributed by atoms with Gasteiger partial charge >= 0.3 is 0 Å². The van der Waals surface area contributed by atoms with E-state index in [9.17, 15) is 4.79 Å². The normalized spacial score (nSPS) is 23.8. The van der Waals surface area contributed by atoms with Gasteiger partial charge in [0.15, 0.2) is 11.0 Å². The zero-order chi connectivity index (χ0) is 18.8. The summed E-state index contributed by atoms with van der Waals surface area (Å²) in [7, 11) is 0. The summed E-state index contributed by atoms with van der Waals surface area (Å²) in [5.41, 5.74) is 0.969. The third-order valence-electron chi connectivity index (χ3n) is 5.59. The Morgan fingerprint density at radius 1 is 1.26 bits per heavy atom. The van der Waals surface area contributed by atoms with Crippen LogP contribution in [0.5, 0.6) is 0 Å². The van der Waals surface area contributed by atoms with Gasteiger partial charge < -0.3 is 5.32 Å².